The Hall–Kier alpha value is -1.26. The number of carboxylic acid groups (broad SMARTS) is 1. The predicted molar refractivity (Wildman–Crippen MR) is 83.1 cm³/mol. The van der Waals surface area contributed by atoms with Crippen molar-refractivity contribution in [3.8, 4) is 0 Å². The van der Waals surface area contributed by atoms with Crippen molar-refractivity contribution in [1.82, 2.24) is 10.2 Å². The number of urea groups is 1. The monoisotopic (exact) mass is 298 g/mol. The maximum atomic E-state index is 12.2. The lowest BCUT2D eigenvalue weighted by Gasteiger charge is -2.36. The van der Waals surface area contributed by atoms with E-state index in [1.165, 1.54) is 0 Å². The van der Waals surface area contributed by atoms with E-state index in [1.807, 2.05) is 0 Å². The Morgan fingerprint density at radius 2 is 1.62 bits per heavy atom. The molecule has 0 aliphatic carbocycles. The molecular weight excluding hydrogens is 268 g/mol. The minimum atomic E-state index is -0.762. The maximum absolute atomic E-state index is 12.2. The molecular formula is C16H30N2O3. The first-order valence-corrected chi connectivity index (χ1v) is 7.93. The van der Waals surface area contributed by atoms with Crippen molar-refractivity contribution in [2.24, 2.45) is 23.2 Å². The van der Waals surface area contributed by atoms with Crippen LogP contribution in [0.2, 0.25) is 0 Å². The summed E-state index contributed by atoms with van der Waals surface area (Å²) in [7, 11) is 0. The normalized spacial score (nSPS) is 18.4. The molecule has 0 unspecified atom stereocenters. The molecule has 0 bridgehead atoms. The molecule has 0 aromatic heterocycles. The highest BCUT2D eigenvalue weighted by atomic mass is 16.4. The molecule has 0 aromatic carbocycles. The van der Waals surface area contributed by atoms with Gasteiger partial charge in [0.25, 0.3) is 0 Å². The van der Waals surface area contributed by atoms with E-state index in [0.29, 0.717) is 50.2 Å². The molecule has 1 fully saturated rings. The number of likely N-dealkylation sites (tertiary alicyclic amines) is 1. The zero-order chi connectivity index (χ0) is 16.2. The fourth-order valence-electron chi connectivity index (χ4n) is 2.98. The van der Waals surface area contributed by atoms with E-state index in [4.69, 9.17) is 0 Å². The topological polar surface area (TPSA) is 69.6 Å². The van der Waals surface area contributed by atoms with Gasteiger partial charge in [-0.15, -0.1) is 0 Å². The van der Waals surface area contributed by atoms with Gasteiger partial charge in [-0.1, -0.05) is 27.7 Å². The molecule has 1 aliphatic rings. The second kappa shape index (κ2) is 7.14. The summed E-state index contributed by atoms with van der Waals surface area (Å²) < 4.78 is 0. The van der Waals surface area contributed by atoms with Crippen LogP contribution >= 0.6 is 0 Å². The first-order valence-electron chi connectivity index (χ1n) is 7.93. The summed E-state index contributed by atoms with van der Waals surface area (Å²) in [5.74, 6) is 0.758. The van der Waals surface area contributed by atoms with Crippen LogP contribution in [0.1, 0.15) is 47.5 Å². The fraction of sp³-hybridized carbons (Fsp3) is 0.875. The zero-order valence-electron chi connectivity index (χ0n) is 14.0. The number of piperidine rings is 1. The molecule has 2 N–H and O–H groups in total. The van der Waals surface area contributed by atoms with Crippen molar-refractivity contribution in [2.45, 2.75) is 47.5 Å². The van der Waals surface area contributed by atoms with Crippen molar-refractivity contribution in [1.29, 1.82) is 0 Å². The van der Waals surface area contributed by atoms with E-state index in [2.05, 4.69) is 33.0 Å². The number of aliphatic carboxylic acids is 1. The van der Waals surface area contributed by atoms with Crippen LogP contribution in [0.25, 0.3) is 0 Å². The highest BCUT2D eigenvalue weighted by Crippen LogP contribution is 2.31. The lowest BCUT2D eigenvalue weighted by atomic mass is 9.80. The van der Waals surface area contributed by atoms with Crippen LogP contribution in [-0.4, -0.2) is 41.6 Å². The largest absolute Gasteiger partial charge is 0.481 e. The number of carboxylic acids is 1. The zero-order valence-corrected chi connectivity index (χ0v) is 14.0. The quantitative estimate of drug-likeness (QED) is 0.820. The smallest absolute Gasteiger partial charge is 0.317 e. The average molecular weight is 298 g/mol. The van der Waals surface area contributed by atoms with Crippen molar-refractivity contribution in [3.05, 3.63) is 0 Å². The van der Waals surface area contributed by atoms with Crippen LogP contribution in [-0.2, 0) is 4.79 Å². The molecule has 122 valence electrons. The molecule has 1 rings (SSSR count). The van der Waals surface area contributed by atoms with Crippen LogP contribution in [0.5, 0.6) is 0 Å². The van der Waals surface area contributed by atoms with Gasteiger partial charge in [-0.25, -0.2) is 4.79 Å². The number of rotatable bonds is 5. The van der Waals surface area contributed by atoms with Crippen molar-refractivity contribution < 1.29 is 14.7 Å². The molecule has 21 heavy (non-hydrogen) atoms. The standard InChI is InChI=1S/C16H30N2O3/c1-11(2)13(12(3)4)10-17-15(21)18-8-6-16(5,7-9-18)14(19)20/h11-13H,6-10H2,1-5H3,(H,17,21)(H,19,20). The van der Waals surface area contributed by atoms with Crippen LogP contribution in [0, 0.1) is 23.2 Å². The van der Waals surface area contributed by atoms with Gasteiger partial charge in [-0.05, 0) is 37.5 Å². The Morgan fingerprint density at radius 3 is 2.00 bits per heavy atom. The second-order valence-electron chi connectivity index (χ2n) is 7.19. The number of carbonyl (C=O) groups is 2. The van der Waals surface area contributed by atoms with Gasteiger partial charge in [-0.2, -0.15) is 0 Å². The summed E-state index contributed by atoms with van der Waals surface area (Å²) in [5, 5.41) is 12.2. The molecule has 5 nitrogen and oxygen atoms in total. The van der Waals surface area contributed by atoms with E-state index >= 15 is 0 Å². The molecule has 1 heterocycles. The Bertz CT molecular complexity index is 364. The number of nitrogens with zero attached hydrogens (tertiary/aromatic N) is 1. The Labute approximate surface area is 128 Å². The lowest BCUT2D eigenvalue weighted by Crippen LogP contribution is -2.49. The van der Waals surface area contributed by atoms with Gasteiger partial charge in [0, 0.05) is 19.6 Å². The van der Waals surface area contributed by atoms with Gasteiger partial charge in [0.1, 0.15) is 0 Å². The first kappa shape index (κ1) is 17.8. The van der Waals surface area contributed by atoms with Crippen LogP contribution in [0.15, 0.2) is 0 Å². The molecule has 0 radical (unpaired) electrons. The summed E-state index contributed by atoms with van der Waals surface area (Å²) in [6, 6.07) is -0.0614. The number of hydrogen-bond donors (Lipinski definition) is 2. The Balaban J connectivity index is 2.46. The first-order chi connectivity index (χ1) is 9.67. The van der Waals surface area contributed by atoms with Gasteiger partial charge in [0.2, 0.25) is 0 Å². The Kier molecular flexibility index (Phi) is 6.05. The van der Waals surface area contributed by atoms with Gasteiger partial charge in [-0.3, -0.25) is 4.79 Å². The maximum Gasteiger partial charge on any atom is 0.317 e. The van der Waals surface area contributed by atoms with E-state index in [9.17, 15) is 14.7 Å². The van der Waals surface area contributed by atoms with E-state index in [1.54, 1.807) is 11.8 Å². The third-order valence-corrected chi connectivity index (χ3v) is 4.87. The molecule has 2 amide bonds. The molecule has 1 aliphatic heterocycles. The summed E-state index contributed by atoms with van der Waals surface area (Å²) in [6.45, 7) is 12.2. The van der Waals surface area contributed by atoms with Crippen molar-refractivity contribution in [3.63, 3.8) is 0 Å². The van der Waals surface area contributed by atoms with Crippen LogP contribution < -0.4 is 5.32 Å². The van der Waals surface area contributed by atoms with Gasteiger partial charge in [0.15, 0.2) is 0 Å². The van der Waals surface area contributed by atoms with Crippen molar-refractivity contribution in [2.75, 3.05) is 19.6 Å². The SMILES string of the molecule is CC(C)C(CNC(=O)N1CCC(C)(C(=O)O)CC1)C(C)C. The third-order valence-electron chi connectivity index (χ3n) is 4.87. The molecule has 0 aromatic rings. The summed E-state index contributed by atoms with van der Waals surface area (Å²) >= 11 is 0. The molecule has 0 spiro atoms. The van der Waals surface area contributed by atoms with Crippen molar-refractivity contribution >= 4 is 12.0 Å². The minimum absolute atomic E-state index is 0.0614. The number of nitrogens with one attached hydrogen (secondary N) is 1. The predicted octanol–water partition coefficient (Wildman–Crippen LogP) is 2.81. The lowest BCUT2D eigenvalue weighted by molar-refractivity contribution is -0.150. The fourth-order valence-corrected chi connectivity index (χ4v) is 2.98. The van der Waals surface area contributed by atoms with Crippen LogP contribution in [0.4, 0.5) is 4.79 Å². The molecule has 0 saturated carbocycles. The van der Waals surface area contributed by atoms with E-state index < -0.39 is 11.4 Å². The number of amides is 2. The summed E-state index contributed by atoms with van der Waals surface area (Å²) in [4.78, 5) is 25.1. The summed E-state index contributed by atoms with van der Waals surface area (Å²) in [6.07, 6.45) is 1.04. The molecule has 0 atom stereocenters. The number of carbonyl (C=O) groups excluding carboxylic acids is 1. The number of hydrogen-bond acceptors (Lipinski definition) is 2. The second-order valence-corrected chi connectivity index (χ2v) is 7.19. The minimum Gasteiger partial charge on any atom is -0.481 e. The van der Waals surface area contributed by atoms with E-state index in [0.717, 1.165) is 0 Å². The highest BCUT2D eigenvalue weighted by Gasteiger charge is 2.38. The molecule has 1 saturated heterocycles. The van der Waals surface area contributed by atoms with Crippen LogP contribution in [0.3, 0.4) is 0 Å². The molecule has 5 heteroatoms. The summed E-state index contributed by atoms with van der Waals surface area (Å²) in [5.41, 5.74) is -0.685. The van der Waals surface area contributed by atoms with E-state index in [-0.39, 0.29) is 6.03 Å². The Morgan fingerprint density at radius 1 is 1.14 bits per heavy atom. The van der Waals surface area contributed by atoms with Gasteiger partial charge < -0.3 is 15.3 Å². The van der Waals surface area contributed by atoms with Gasteiger partial charge in [0.05, 0.1) is 5.41 Å². The third kappa shape index (κ3) is 4.61. The highest BCUT2D eigenvalue weighted by molar-refractivity contribution is 5.76. The van der Waals surface area contributed by atoms with Gasteiger partial charge >= 0.3 is 12.0 Å². The average Bonchev–Trinajstić information content (AvgIpc) is 2.38.